The van der Waals surface area contributed by atoms with Crippen LogP contribution in [-0.2, 0) is 23.7 Å². The van der Waals surface area contributed by atoms with E-state index in [-0.39, 0.29) is 36.6 Å². The maximum absolute atomic E-state index is 11.5. The third-order valence-corrected chi connectivity index (χ3v) is 24.0. The molecule has 0 bridgehead atoms. The minimum atomic E-state index is -2.20. The molecule has 0 saturated carbocycles. The molecule has 0 N–H and O–H groups in total. The minimum absolute atomic E-state index is 0.0303. The van der Waals surface area contributed by atoms with Crippen molar-refractivity contribution < 1.29 is 23.7 Å². The average molecular weight is 613 g/mol. The van der Waals surface area contributed by atoms with Gasteiger partial charge < -0.3 is 0 Å². The number of unbranched alkanes of at least 4 members (excludes halogenated alkanes) is 3. The van der Waals surface area contributed by atoms with E-state index in [2.05, 4.69) is 26.8 Å². The van der Waals surface area contributed by atoms with Crippen molar-refractivity contribution in [2.75, 3.05) is 6.61 Å². The number of allylic oxidation sites excluding steroid dienone is 1. The molecule has 0 aromatic heterocycles. The van der Waals surface area contributed by atoms with Crippen LogP contribution in [0.25, 0.3) is 0 Å². The molecule has 3 saturated heterocycles. The molecule has 3 rings (SSSR count). The molecule has 3 heterocycles. The van der Waals surface area contributed by atoms with Crippen LogP contribution in [0, 0.1) is 0 Å². The van der Waals surface area contributed by atoms with Gasteiger partial charge in [-0.15, -0.1) is 0 Å². The standard InChI is InChI=1S/C18H27O5.3C4H9.Sn/c1-2-11-20-14-6-8-16-17(23-18(14)9-10-19)7-5-13-15(22-16)4-3-12-21-13;3*1-3-4-2;/h2,10-11,13-18H,1,3-9,12H2;3*1,3-4H2,2H3;/b11-2-;;;;/t13-,14+,15+,16-,17+,18-;;;;/m1..../s1. The Morgan fingerprint density at radius 3 is 2.08 bits per heavy atom. The number of ether oxygens (including phenoxy) is 4. The molecule has 0 spiro atoms. The Balaban J connectivity index is 1.61. The summed E-state index contributed by atoms with van der Waals surface area (Å²) in [6, 6.07) is 0. The van der Waals surface area contributed by atoms with E-state index in [4.69, 9.17) is 18.9 Å². The van der Waals surface area contributed by atoms with Crippen molar-refractivity contribution >= 4 is 24.7 Å². The normalized spacial score (nSPS) is 31.3. The number of hydrogen-bond donors (Lipinski definition) is 0. The molecule has 0 aliphatic carbocycles. The van der Waals surface area contributed by atoms with Gasteiger partial charge in [-0.05, 0) is 0 Å². The fourth-order valence-electron chi connectivity index (χ4n) is 6.55. The zero-order valence-electron chi connectivity index (χ0n) is 23.5. The summed E-state index contributed by atoms with van der Waals surface area (Å²) in [4.78, 5) is 11.5. The second-order valence-electron chi connectivity index (χ2n) is 11.6. The van der Waals surface area contributed by atoms with Gasteiger partial charge in [0.25, 0.3) is 0 Å². The Hall–Kier alpha value is -0.111. The second kappa shape index (κ2) is 16.8. The summed E-state index contributed by atoms with van der Waals surface area (Å²) in [5, 5.41) is 0. The van der Waals surface area contributed by atoms with Gasteiger partial charge in [-0.25, -0.2) is 0 Å². The van der Waals surface area contributed by atoms with E-state index < -0.39 is 18.4 Å². The molecule has 5 nitrogen and oxygen atoms in total. The molecule has 6 heteroatoms. The molecule has 3 aliphatic rings. The zero-order chi connectivity index (χ0) is 25.6. The predicted octanol–water partition coefficient (Wildman–Crippen LogP) is 7.60. The Kier molecular flexibility index (Phi) is 14.2. The first-order valence-corrected chi connectivity index (χ1v) is 23.4. The Morgan fingerprint density at radius 2 is 1.42 bits per heavy atom. The fraction of sp³-hybridized carbons (Fsp3) is 0.900. The Bertz CT molecular complexity index is 619. The topological polar surface area (TPSA) is 54.0 Å². The molecule has 0 amide bonds. The van der Waals surface area contributed by atoms with E-state index in [0.29, 0.717) is 6.42 Å². The van der Waals surface area contributed by atoms with E-state index in [9.17, 15) is 4.79 Å². The third kappa shape index (κ3) is 9.27. The van der Waals surface area contributed by atoms with Crippen LogP contribution in [0.2, 0.25) is 17.7 Å². The van der Waals surface area contributed by atoms with Crippen LogP contribution < -0.4 is 0 Å². The predicted molar refractivity (Wildman–Crippen MR) is 149 cm³/mol. The summed E-state index contributed by atoms with van der Waals surface area (Å²) in [6.07, 6.45) is 19.9. The molecule has 0 unspecified atom stereocenters. The third-order valence-electron chi connectivity index (χ3n) is 8.79. The van der Waals surface area contributed by atoms with Gasteiger partial charge in [-0.3, -0.25) is 0 Å². The van der Waals surface area contributed by atoms with Gasteiger partial charge >= 0.3 is 219 Å². The van der Waals surface area contributed by atoms with Gasteiger partial charge in [0.15, 0.2) is 0 Å². The SMILES string of the molecule is CCC[CH2][Sn]([CH2]/C=C\O[C@H]1CC[C@H]2O[C@H]3CCCO[C@@H]3CC[C@@H]2O[C@@H]1CC=O)([CH2]CCC)[CH2]CCC. The molecule has 0 aromatic rings. The van der Waals surface area contributed by atoms with Crippen molar-refractivity contribution in [3.05, 3.63) is 12.3 Å². The molecule has 0 radical (unpaired) electrons. The molecular formula is C30H54O5Sn. The van der Waals surface area contributed by atoms with Crippen LogP contribution >= 0.6 is 0 Å². The van der Waals surface area contributed by atoms with E-state index in [1.54, 1.807) is 0 Å². The van der Waals surface area contributed by atoms with Crippen molar-refractivity contribution in [1.29, 1.82) is 0 Å². The van der Waals surface area contributed by atoms with Crippen molar-refractivity contribution in [1.82, 2.24) is 0 Å². The van der Waals surface area contributed by atoms with Crippen molar-refractivity contribution in [3.63, 3.8) is 0 Å². The summed E-state index contributed by atoms with van der Waals surface area (Å²) >= 11 is -2.20. The molecular weight excluding hydrogens is 559 g/mol. The molecule has 208 valence electrons. The van der Waals surface area contributed by atoms with E-state index in [1.807, 2.05) is 6.26 Å². The summed E-state index contributed by atoms with van der Waals surface area (Å²) in [5.41, 5.74) is 0. The number of carbonyl (C=O) groups is 1. The maximum atomic E-state index is 11.5. The zero-order valence-corrected chi connectivity index (χ0v) is 26.3. The van der Waals surface area contributed by atoms with Crippen LogP contribution in [0.3, 0.4) is 0 Å². The van der Waals surface area contributed by atoms with Gasteiger partial charge in [0.05, 0.1) is 0 Å². The van der Waals surface area contributed by atoms with Crippen molar-refractivity contribution in [2.45, 2.75) is 159 Å². The number of rotatable bonds is 15. The van der Waals surface area contributed by atoms with Crippen LogP contribution in [0.15, 0.2) is 12.3 Å². The quantitative estimate of drug-likeness (QED) is 0.108. The summed E-state index contributed by atoms with van der Waals surface area (Å²) in [7, 11) is 0. The van der Waals surface area contributed by atoms with E-state index >= 15 is 0 Å². The van der Waals surface area contributed by atoms with Crippen LogP contribution in [0.5, 0.6) is 0 Å². The Labute approximate surface area is 225 Å². The summed E-state index contributed by atoms with van der Waals surface area (Å²) < 4.78 is 31.3. The number of carbonyl (C=O) groups excluding carboxylic acids is 1. The average Bonchev–Trinajstić information content (AvgIpc) is 3.17. The number of aldehydes is 1. The number of hydrogen-bond acceptors (Lipinski definition) is 5. The van der Waals surface area contributed by atoms with Crippen LogP contribution in [-0.4, -0.2) is 67.9 Å². The molecule has 3 aliphatic heterocycles. The Morgan fingerprint density at radius 1 is 0.806 bits per heavy atom. The van der Waals surface area contributed by atoms with Gasteiger partial charge in [0.2, 0.25) is 0 Å². The van der Waals surface area contributed by atoms with Gasteiger partial charge in [-0.2, -0.15) is 0 Å². The monoisotopic (exact) mass is 614 g/mol. The first kappa shape index (κ1) is 30.4. The first-order chi connectivity index (χ1) is 17.6. The second-order valence-corrected chi connectivity index (χ2v) is 25.6. The fourth-order valence-corrected chi connectivity index (χ4v) is 21.6. The van der Waals surface area contributed by atoms with Crippen molar-refractivity contribution in [2.24, 2.45) is 0 Å². The molecule has 6 atom stereocenters. The molecule has 36 heavy (non-hydrogen) atoms. The molecule has 3 fully saturated rings. The van der Waals surface area contributed by atoms with E-state index in [0.717, 1.165) is 51.4 Å². The number of fused-ring (bicyclic) bond motifs is 2. The van der Waals surface area contributed by atoms with Crippen LogP contribution in [0.1, 0.15) is 104 Å². The van der Waals surface area contributed by atoms with Crippen molar-refractivity contribution in [3.8, 4) is 0 Å². The van der Waals surface area contributed by atoms with E-state index in [1.165, 1.54) is 56.3 Å². The summed E-state index contributed by atoms with van der Waals surface area (Å²) in [5.74, 6) is 0. The van der Waals surface area contributed by atoms with Crippen LogP contribution in [0.4, 0.5) is 0 Å². The van der Waals surface area contributed by atoms with Gasteiger partial charge in [0.1, 0.15) is 0 Å². The van der Waals surface area contributed by atoms with Gasteiger partial charge in [0, 0.05) is 6.61 Å². The first-order valence-electron chi connectivity index (χ1n) is 15.3. The molecule has 0 aromatic carbocycles. The summed E-state index contributed by atoms with van der Waals surface area (Å²) in [6.45, 7) is 7.84. The van der Waals surface area contributed by atoms with Gasteiger partial charge in [-0.1, -0.05) is 0 Å².